The summed E-state index contributed by atoms with van der Waals surface area (Å²) in [7, 11) is 0. The summed E-state index contributed by atoms with van der Waals surface area (Å²) in [4.78, 5) is 34.0. The first-order chi connectivity index (χ1) is 11.6. The molecule has 2 unspecified atom stereocenters. The number of benzene rings is 1. The molecular formula is C18H24N4O2. The summed E-state index contributed by atoms with van der Waals surface area (Å²) >= 11 is 0. The van der Waals surface area contributed by atoms with E-state index in [1.165, 1.54) is 0 Å². The average molecular weight is 328 g/mol. The van der Waals surface area contributed by atoms with Gasteiger partial charge in [0.05, 0.1) is 17.4 Å². The molecule has 1 aliphatic rings. The third-order valence-corrected chi connectivity index (χ3v) is 4.76. The fourth-order valence-corrected chi connectivity index (χ4v) is 3.45. The third kappa shape index (κ3) is 3.48. The van der Waals surface area contributed by atoms with Gasteiger partial charge in [0.2, 0.25) is 5.91 Å². The van der Waals surface area contributed by atoms with Gasteiger partial charge in [0, 0.05) is 18.5 Å². The van der Waals surface area contributed by atoms with Crippen molar-refractivity contribution in [3.05, 3.63) is 40.4 Å². The van der Waals surface area contributed by atoms with Gasteiger partial charge in [-0.05, 0) is 38.3 Å². The Morgan fingerprint density at radius 2 is 2.17 bits per heavy atom. The SMILES string of the molecule is CCN(Cc1nc2ccccc2c(=O)[nH]1)C(=O)C1CCCC(N)C1. The van der Waals surface area contributed by atoms with Crippen molar-refractivity contribution < 1.29 is 4.79 Å². The van der Waals surface area contributed by atoms with E-state index in [0.717, 1.165) is 25.7 Å². The Morgan fingerprint density at radius 3 is 2.92 bits per heavy atom. The molecule has 0 radical (unpaired) electrons. The Balaban J connectivity index is 1.80. The van der Waals surface area contributed by atoms with E-state index >= 15 is 0 Å². The van der Waals surface area contributed by atoms with Gasteiger partial charge in [-0.1, -0.05) is 18.6 Å². The number of para-hydroxylation sites is 1. The van der Waals surface area contributed by atoms with E-state index in [1.54, 1.807) is 11.0 Å². The zero-order valence-electron chi connectivity index (χ0n) is 14.0. The molecule has 128 valence electrons. The normalized spacial score (nSPS) is 20.9. The van der Waals surface area contributed by atoms with Crippen molar-refractivity contribution in [2.45, 2.75) is 45.2 Å². The van der Waals surface area contributed by atoms with Gasteiger partial charge in [-0.3, -0.25) is 9.59 Å². The van der Waals surface area contributed by atoms with Crippen molar-refractivity contribution in [3.63, 3.8) is 0 Å². The molecule has 1 fully saturated rings. The van der Waals surface area contributed by atoms with Crippen molar-refractivity contribution in [2.24, 2.45) is 11.7 Å². The van der Waals surface area contributed by atoms with Gasteiger partial charge in [0.25, 0.3) is 5.56 Å². The number of rotatable bonds is 4. The molecule has 1 heterocycles. The number of nitrogens with zero attached hydrogens (tertiary/aromatic N) is 2. The van der Waals surface area contributed by atoms with Gasteiger partial charge in [0.15, 0.2) is 0 Å². The lowest BCUT2D eigenvalue weighted by Gasteiger charge is -2.30. The summed E-state index contributed by atoms with van der Waals surface area (Å²) in [5.74, 6) is 0.623. The molecule has 1 saturated carbocycles. The minimum absolute atomic E-state index is 0.0131. The van der Waals surface area contributed by atoms with Crippen molar-refractivity contribution >= 4 is 16.8 Å². The number of fused-ring (bicyclic) bond motifs is 1. The summed E-state index contributed by atoms with van der Waals surface area (Å²) in [5.41, 5.74) is 6.49. The number of amides is 1. The maximum Gasteiger partial charge on any atom is 0.258 e. The molecule has 0 aliphatic heterocycles. The van der Waals surface area contributed by atoms with Crippen LogP contribution in [0.5, 0.6) is 0 Å². The highest BCUT2D eigenvalue weighted by Crippen LogP contribution is 2.25. The minimum Gasteiger partial charge on any atom is -0.335 e. The van der Waals surface area contributed by atoms with Crippen LogP contribution in [0.1, 0.15) is 38.4 Å². The molecular weight excluding hydrogens is 304 g/mol. The molecule has 0 saturated heterocycles. The lowest BCUT2D eigenvalue weighted by molar-refractivity contribution is -0.137. The summed E-state index contributed by atoms with van der Waals surface area (Å²) in [5, 5.41) is 0.564. The number of hydrogen-bond acceptors (Lipinski definition) is 4. The lowest BCUT2D eigenvalue weighted by atomic mass is 9.85. The van der Waals surface area contributed by atoms with E-state index < -0.39 is 0 Å². The summed E-state index contributed by atoms with van der Waals surface area (Å²) in [6, 6.07) is 7.34. The molecule has 0 spiro atoms. The molecule has 3 rings (SSSR count). The van der Waals surface area contributed by atoms with Gasteiger partial charge in [-0.15, -0.1) is 0 Å². The Labute approximate surface area is 141 Å². The Hall–Kier alpha value is -2.21. The molecule has 6 nitrogen and oxygen atoms in total. The van der Waals surface area contributed by atoms with Gasteiger partial charge in [-0.25, -0.2) is 4.98 Å². The predicted octanol–water partition coefficient (Wildman–Crippen LogP) is 1.79. The number of aromatic nitrogens is 2. The van der Waals surface area contributed by atoms with Crippen molar-refractivity contribution in [1.82, 2.24) is 14.9 Å². The van der Waals surface area contributed by atoms with E-state index in [4.69, 9.17) is 5.73 Å². The van der Waals surface area contributed by atoms with Crippen LogP contribution >= 0.6 is 0 Å². The van der Waals surface area contributed by atoms with Crippen LogP contribution in [-0.2, 0) is 11.3 Å². The molecule has 1 aliphatic carbocycles. The fraction of sp³-hybridized carbons (Fsp3) is 0.500. The van der Waals surface area contributed by atoms with Gasteiger partial charge >= 0.3 is 0 Å². The number of hydrogen-bond donors (Lipinski definition) is 2. The second-order valence-corrected chi connectivity index (χ2v) is 6.51. The first-order valence-electron chi connectivity index (χ1n) is 8.60. The predicted molar refractivity (Wildman–Crippen MR) is 93.4 cm³/mol. The molecule has 2 aromatic rings. The van der Waals surface area contributed by atoms with Crippen LogP contribution in [0.3, 0.4) is 0 Å². The number of carbonyl (C=O) groups excluding carboxylic acids is 1. The molecule has 0 bridgehead atoms. The van der Waals surface area contributed by atoms with Gasteiger partial charge in [0.1, 0.15) is 5.82 Å². The number of nitrogens with one attached hydrogen (secondary N) is 1. The number of nitrogens with two attached hydrogens (primary N) is 1. The van der Waals surface area contributed by atoms with Gasteiger partial charge < -0.3 is 15.6 Å². The van der Waals surface area contributed by atoms with Crippen molar-refractivity contribution in [3.8, 4) is 0 Å². The zero-order valence-corrected chi connectivity index (χ0v) is 14.0. The van der Waals surface area contributed by atoms with E-state index in [-0.39, 0.29) is 23.4 Å². The molecule has 24 heavy (non-hydrogen) atoms. The van der Waals surface area contributed by atoms with Crippen molar-refractivity contribution in [1.29, 1.82) is 0 Å². The summed E-state index contributed by atoms with van der Waals surface area (Å²) in [6.07, 6.45) is 3.64. The highest BCUT2D eigenvalue weighted by atomic mass is 16.2. The summed E-state index contributed by atoms with van der Waals surface area (Å²) < 4.78 is 0. The third-order valence-electron chi connectivity index (χ3n) is 4.76. The Morgan fingerprint density at radius 1 is 1.38 bits per heavy atom. The van der Waals surface area contributed by atoms with E-state index in [9.17, 15) is 9.59 Å². The van der Waals surface area contributed by atoms with Crippen LogP contribution in [0.25, 0.3) is 10.9 Å². The van der Waals surface area contributed by atoms with E-state index in [1.807, 2.05) is 25.1 Å². The number of carbonyl (C=O) groups is 1. The fourth-order valence-electron chi connectivity index (χ4n) is 3.45. The molecule has 1 aromatic carbocycles. The topological polar surface area (TPSA) is 92.1 Å². The average Bonchev–Trinajstić information content (AvgIpc) is 2.59. The van der Waals surface area contributed by atoms with Crippen LogP contribution in [0.4, 0.5) is 0 Å². The Kier molecular flexibility index (Phi) is 4.94. The largest absolute Gasteiger partial charge is 0.335 e. The van der Waals surface area contributed by atoms with Crippen LogP contribution in [0.15, 0.2) is 29.1 Å². The maximum absolute atomic E-state index is 12.8. The summed E-state index contributed by atoms with van der Waals surface area (Å²) in [6.45, 7) is 2.85. The second-order valence-electron chi connectivity index (χ2n) is 6.51. The van der Waals surface area contributed by atoms with Crippen LogP contribution in [-0.4, -0.2) is 33.4 Å². The first-order valence-corrected chi connectivity index (χ1v) is 8.60. The second kappa shape index (κ2) is 7.13. The Bertz CT molecular complexity index is 786. The molecule has 2 atom stereocenters. The minimum atomic E-state index is -0.168. The van der Waals surface area contributed by atoms with Gasteiger partial charge in [-0.2, -0.15) is 0 Å². The lowest BCUT2D eigenvalue weighted by Crippen LogP contribution is -2.40. The maximum atomic E-state index is 12.8. The van der Waals surface area contributed by atoms with Crippen LogP contribution in [0.2, 0.25) is 0 Å². The highest BCUT2D eigenvalue weighted by Gasteiger charge is 2.28. The standard InChI is InChI=1S/C18H24N4O2/c1-2-22(18(24)12-6-5-7-13(19)10-12)11-16-20-15-9-4-3-8-14(15)17(23)21-16/h3-4,8-9,12-13H,2,5-7,10-11,19H2,1H3,(H,20,21,23). The molecule has 6 heteroatoms. The molecule has 1 aromatic heterocycles. The zero-order chi connectivity index (χ0) is 17.1. The van der Waals surface area contributed by atoms with Crippen molar-refractivity contribution in [2.75, 3.05) is 6.54 Å². The molecule has 1 amide bonds. The van der Waals surface area contributed by atoms with Crippen LogP contribution in [0, 0.1) is 5.92 Å². The first kappa shape index (κ1) is 16.6. The monoisotopic (exact) mass is 328 g/mol. The number of H-pyrrole nitrogens is 1. The number of aromatic amines is 1. The van der Waals surface area contributed by atoms with E-state index in [0.29, 0.717) is 29.8 Å². The smallest absolute Gasteiger partial charge is 0.258 e. The molecule has 3 N–H and O–H groups in total. The van der Waals surface area contributed by atoms with Crippen LogP contribution < -0.4 is 11.3 Å². The quantitative estimate of drug-likeness (QED) is 0.895. The van der Waals surface area contributed by atoms with E-state index in [2.05, 4.69) is 9.97 Å². The highest BCUT2D eigenvalue weighted by molar-refractivity contribution is 5.79.